The van der Waals surface area contributed by atoms with Crippen LogP contribution >= 0.6 is 0 Å². The van der Waals surface area contributed by atoms with E-state index in [0.29, 0.717) is 0 Å². The van der Waals surface area contributed by atoms with Crippen molar-refractivity contribution in [3.05, 3.63) is 29.6 Å². The second-order valence-electron chi connectivity index (χ2n) is 5.24. The van der Waals surface area contributed by atoms with Gasteiger partial charge in [0.2, 0.25) is 0 Å². The van der Waals surface area contributed by atoms with Gasteiger partial charge in [0, 0.05) is 13.6 Å². The van der Waals surface area contributed by atoms with Gasteiger partial charge in [-0.1, -0.05) is 6.07 Å². The van der Waals surface area contributed by atoms with Gasteiger partial charge in [0.05, 0.1) is 11.0 Å². The van der Waals surface area contributed by atoms with Crippen LogP contribution in [0.2, 0.25) is 0 Å². The Bertz CT molecular complexity index is 544. The van der Waals surface area contributed by atoms with Gasteiger partial charge in [-0.25, -0.2) is 4.98 Å². The predicted molar refractivity (Wildman–Crippen MR) is 80.3 cm³/mol. The molecule has 1 aromatic carbocycles. The Kier molecular flexibility index (Phi) is 4.56. The van der Waals surface area contributed by atoms with E-state index in [1.807, 2.05) is 14.0 Å². The monoisotopic (exact) mass is 260 g/mol. The molecule has 0 radical (unpaired) electrons. The van der Waals surface area contributed by atoms with Crippen LogP contribution in [-0.2, 0) is 13.6 Å². The standard InChI is InChI=1S/C15H24N4/c1-12-17-14-10-13(6-7-15(14)19(12)4)11-18(3)9-5-8-16-2/h6-7,10,16H,5,8-9,11H2,1-4H3. The van der Waals surface area contributed by atoms with Crippen LogP contribution in [0.1, 0.15) is 17.8 Å². The third kappa shape index (κ3) is 3.33. The molecular formula is C15H24N4. The second kappa shape index (κ2) is 6.17. The minimum absolute atomic E-state index is 0.981. The maximum Gasteiger partial charge on any atom is 0.106 e. The highest BCUT2D eigenvalue weighted by Crippen LogP contribution is 2.17. The molecule has 0 amide bonds. The average molecular weight is 260 g/mol. The molecule has 0 aliphatic heterocycles. The summed E-state index contributed by atoms with van der Waals surface area (Å²) < 4.78 is 2.13. The topological polar surface area (TPSA) is 33.1 Å². The number of aromatic nitrogens is 2. The lowest BCUT2D eigenvalue weighted by Crippen LogP contribution is -2.22. The Hall–Kier alpha value is -1.39. The summed E-state index contributed by atoms with van der Waals surface area (Å²) in [5.74, 6) is 1.06. The molecule has 0 aliphatic carbocycles. The van der Waals surface area contributed by atoms with E-state index in [4.69, 9.17) is 0 Å². The Morgan fingerprint density at radius 3 is 2.89 bits per heavy atom. The zero-order chi connectivity index (χ0) is 13.8. The molecule has 2 aromatic rings. The molecule has 0 fully saturated rings. The molecule has 0 spiro atoms. The van der Waals surface area contributed by atoms with Crippen molar-refractivity contribution in [1.29, 1.82) is 0 Å². The Morgan fingerprint density at radius 2 is 2.16 bits per heavy atom. The van der Waals surface area contributed by atoms with Crippen LogP contribution in [0.15, 0.2) is 18.2 Å². The number of imidazole rings is 1. The molecule has 104 valence electrons. The minimum Gasteiger partial charge on any atom is -0.331 e. The van der Waals surface area contributed by atoms with E-state index in [-0.39, 0.29) is 0 Å². The van der Waals surface area contributed by atoms with Gasteiger partial charge in [-0.3, -0.25) is 0 Å². The van der Waals surface area contributed by atoms with Gasteiger partial charge in [0.15, 0.2) is 0 Å². The van der Waals surface area contributed by atoms with Crippen LogP contribution in [0.4, 0.5) is 0 Å². The molecule has 4 heteroatoms. The van der Waals surface area contributed by atoms with Crippen molar-refractivity contribution in [1.82, 2.24) is 19.8 Å². The van der Waals surface area contributed by atoms with Gasteiger partial charge < -0.3 is 14.8 Å². The Morgan fingerprint density at radius 1 is 1.37 bits per heavy atom. The molecule has 0 bridgehead atoms. The second-order valence-corrected chi connectivity index (χ2v) is 5.24. The van der Waals surface area contributed by atoms with E-state index in [2.05, 4.69) is 52.1 Å². The van der Waals surface area contributed by atoms with Gasteiger partial charge in [-0.2, -0.15) is 0 Å². The van der Waals surface area contributed by atoms with Crippen LogP contribution in [0.5, 0.6) is 0 Å². The summed E-state index contributed by atoms with van der Waals surface area (Å²) >= 11 is 0. The van der Waals surface area contributed by atoms with Gasteiger partial charge in [-0.05, 0) is 58.2 Å². The number of benzene rings is 1. The first-order chi connectivity index (χ1) is 9.11. The van der Waals surface area contributed by atoms with E-state index in [0.717, 1.165) is 31.0 Å². The fourth-order valence-corrected chi connectivity index (χ4v) is 2.38. The van der Waals surface area contributed by atoms with Crippen molar-refractivity contribution in [2.24, 2.45) is 7.05 Å². The largest absolute Gasteiger partial charge is 0.331 e. The number of fused-ring (bicyclic) bond motifs is 1. The Balaban J connectivity index is 2.05. The zero-order valence-corrected chi connectivity index (χ0v) is 12.4. The number of hydrogen-bond donors (Lipinski definition) is 1. The highest BCUT2D eigenvalue weighted by molar-refractivity contribution is 5.76. The summed E-state index contributed by atoms with van der Waals surface area (Å²) in [6, 6.07) is 6.58. The Labute approximate surface area is 115 Å². The lowest BCUT2D eigenvalue weighted by atomic mass is 10.2. The van der Waals surface area contributed by atoms with E-state index < -0.39 is 0 Å². The molecular weight excluding hydrogens is 236 g/mol. The number of aryl methyl sites for hydroxylation is 2. The summed E-state index contributed by atoms with van der Waals surface area (Å²) in [5.41, 5.74) is 3.64. The van der Waals surface area contributed by atoms with Crippen molar-refractivity contribution in [3.63, 3.8) is 0 Å². The lowest BCUT2D eigenvalue weighted by molar-refractivity contribution is 0.321. The van der Waals surface area contributed by atoms with Crippen LogP contribution in [0, 0.1) is 6.92 Å². The number of nitrogens with zero attached hydrogens (tertiary/aromatic N) is 3. The minimum atomic E-state index is 0.981. The van der Waals surface area contributed by atoms with E-state index in [1.54, 1.807) is 0 Å². The summed E-state index contributed by atoms with van der Waals surface area (Å²) in [4.78, 5) is 6.95. The van der Waals surface area contributed by atoms with Crippen molar-refractivity contribution in [2.45, 2.75) is 19.9 Å². The van der Waals surface area contributed by atoms with E-state index in [9.17, 15) is 0 Å². The molecule has 2 rings (SSSR count). The summed E-state index contributed by atoms with van der Waals surface area (Å²) in [6.45, 7) is 5.21. The summed E-state index contributed by atoms with van der Waals surface area (Å²) in [5, 5.41) is 3.18. The normalized spacial score (nSPS) is 11.6. The first-order valence-electron chi connectivity index (χ1n) is 6.87. The third-order valence-corrected chi connectivity index (χ3v) is 3.59. The van der Waals surface area contributed by atoms with Gasteiger partial charge >= 0.3 is 0 Å². The fourth-order valence-electron chi connectivity index (χ4n) is 2.38. The smallest absolute Gasteiger partial charge is 0.106 e. The first kappa shape index (κ1) is 14.0. The molecule has 1 N–H and O–H groups in total. The lowest BCUT2D eigenvalue weighted by Gasteiger charge is -2.16. The molecule has 19 heavy (non-hydrogen) atoms. The molecule has 0 saturated carbocycles. The summed E-state index contributed by atoms with van der Waals surface area (Å²) in [7, 11) is 6.23. The molecule has 1 heterocycles. The van der Waals surface area contributed by atoms with Crippen LogP contribution in [0.3, 0.4) is 0 Å². The average Bonchev–Trinajstić information content (AvgIpc) is 2.65. The van der Waals surface area contributed by atoms with Crippen LogP contribution in [0.25, 0.3) is 11.0 Å². The zero-order valence-electron chi connectivity index (χ0n) is 12.4. The fraction of sp³-hybridized carbons (Fsp3) is 0.533. The van der Waals surface area contributed by atoms with E-state index >= 15 is 0 Å². The third-order valence-electron chi connectivity index (χ3n) is 3.59. The highest BCUT2D eigenvalue weighted by atomic mass is 15.1. The number of hydrogen-bond acceptors (Lipinski definition) is 3. The predicted octanol–water partition coefficient (Wildman–Crippen LogP) is 1.92. The van der Waals surface area contributed by atoms with Crippen LogP contribution in [-0.4, -0.2) is 41.6 Å². The van der Waals surface area contributed by atoms with Gasteiger partial charge in [0.25, 0.3) is 0 Å². The SMILES string of the molecule is CNCCCN(C)Cc1ccc2c(c1)nc(C)n2C. The quantitative estimate of drug-likeness (QED) is 0.806. The number of nitrogens with one attached hydrogen (secondary N) is 1. The first-order valence-corrected chi connectivity index (χ1v) is 6.87. The molecule has 0 atom stereocenters. The molecule has 0 unspecified atom stereocenters. The molecule has 4 nitrogen and oxygen atoms in total. The van der Waals surface area contributed by atoms with Crippen molar-refractivity contribution in [2.75, 3.05) is 27.2 Å². The number of rotatable bonds is 6. The van der Waals surface area contributed by atoms with E-state index in [1.165, 1.54) is 17.5 Å². The molecule has 1 aromatic heterocycles. The maximum atomic E-state index is 4.59. The van der Waals surface area contributed by atoms with Crippen LogP contribution < -0.4 is 5.32 Å². The van der Waals surface area contributed by atoms with Gasteiger partial charge in [0.1, 0.15) is 5.82 Å². The van der Waals surface area contributed by atoms with Gasteiger partial charge in [-0.15, -0.1) is 0 Å². The highest BCUT2D eigenvalue weighted by Gasteiger charge is 2.06. The van der Waals surface area contributed by atoms with Crippen molar-refractivity contribution in [3.8, 4) is 0 Å². The maximum absolute atomic E-state index is 4.59. The van der Waals surface area contributed by atoms with Crippen molar-refractivity contribution < 1.29 is 0 Å². The molecule has 0 aliphatic rings. The van der Waals surface area contributed by atoms with Crippen molar-refractivity contribution >= 4 is 11.0 Å². The summed E-state index contributed by atoms with van der Waals surface area (Å²) in [6.07, 6.45) is 1.18. The molecule has 0 saturated heterocycles.